The molecule has 0 aliphatic heterocycles. The molecule has 3 aromatic carbocycles. The molecule has 0 saturated heterocycles. The molecule has 0 radical (unpaired) electrons. The van der Waals surface area contributed by atoms with Gasteiger partial charge in [0, 0.05) is 10.9 Å². The molecule has 0 amide bonds. The fourth-order valence-electron chi connectivity index (χ4n) is 3.01. The van der Waals surface area contributed by atoms with Crippen LogP contribution in [-0.4, -0.2) is 11.7 Å². The largest absolute Gasteiger partial charge is 0.494 e. The van der Waals surface area contributed by atoms with Gasteiger partial charge in [0.25, 0.3) is 0 Å². The van der Waals surface area contributed by atoms with Crippen LogP contribution in [0.1, 0.15) is 5.56 Å². The van der Waals surface area contributed by atoms with Crippen molar-refractivity contribution in [1.29, 1.82) is 0 Å². The number of para-hydroxylation sites is 1. The van der Waals surface area contributed by atoms with Crippen molar-refractivity contribution < 1.29 is 9.13 Å². The molecular weight excluding hydrogens is 371 g/mol. The van der Waals surface area contributed by atoms with Gasteiger partial charge in [0.2, 0.25) is 0 Å². The summed E-state index contributed by atoms with van der Waals surface area (Å²) >= 11 is 1.54. The second-order valence-corrected chi connectivity index (χ2v) is 7.11. The first kappa shape index (κ1) is 18.2. The first-order valence-electron chi connectivity index (χ1n) is 8.90. The summed E-state index contributed by atoms with van der Waals surface area (Å²) in [5.74, 6) is -0.137. The van der Waals surface area contributed by atoms with Crippen LogP contribution in [0.2, 0.25) is 0 Å². The molecule has 28 heavy (non-hydrogen) atoms. The third-order valence-electron chi connectivity index (χ3n) is 4.41. The van der Waals surface area contributed by atoms with Crippen molar-refractivity contribution in [3.05, 3.63) is 100 Å². The SMILES string of the molecule is COc1ccc(-c2csc(=Nc3ccccc3)n2Cc2ccccc2)cc1F. The fraction of sp³-hybridized carbons (Fsp3) is 0.0870. The highest BCUT2D eigenvalue weighted by Gasteiger charge is 2.12. The standard InChI is InChI=1S/C23H19FN2OS/c1-27-22-13-12-18(14-20(22)24)21-16-28-23(25-19-10-6-3-7-11-19)26(21)15-17-8-4-2-5-9-17/h2-14,16H,15H2,1H3. The molecule has 0 aliphatic carbocycles. The summed E-state index contributed by atoms with van der Waals surface area (Å²) < 4.78 is 21.5. The predicted octanol–water partition coefficient (Wildman–Crippen LogP) is 5.65. The number of rotatable bonds is 5. The highest BCUT2D eigenvalue weighted by molar-refractivity contribution is 7.07. The molecule has 1 heterocycles. The van der Waals surface area contributed by atoms with Crippen molar-refractivity contribution in [2.24, 2.45) is 4.99 Å². The molecular formula is C23H19FN2OS. The normalized spacial score (nSPS) is 11.6. The first-order chi connectivity index (χ1) is 13.7. The number of aromatic nitrogens is 1. The Morgan fingerprint density at radius 2 is 1.68 bits per heavy atom. The summed E-state index contributed by atoms with van der Waals surface area (Å²) in [4.78, 5) is 5.66. The number of hydrogen-bond acceptors (Lipinski definition) is 3. The molecule has 3 nitrogen and oxygen atoms in total. The lowest BCUT2D eigenvalue weighted by Crippen LogP contribution is -2.16. The van der Waals surface area contributed by atoms with Crippen LogP contribution in [-0.2, 0) is 6.54 Å². The molecule has 0 unspecified atom stereocenters. The molecule has 0 fully saturated rings. The molecule has 0 spiro atoms. The zero-order valence-corrected chi connectivity index (χ0v) is 16.2. The molecule has 140 valence electrons. The molecule has 1 aromatic heterocycles. The Bertz CT molecular complexity index is 1130. The van der Waals surface area contributed by atoms with E-state index in [2.05, 4.69) is 16.7 Å². The van der Waals surface area contributed by atoms with Crippen LogP contribution >= 0.6 is 11.3 Å². The van der Waals surface area contributed by atoms with Crippen molar-refractivity contribution >= 4 is 17.0 Å². The van der Waals surface area contributed by atoms with E-state index >= 15 is 0 Å². The van der Waals surface area contributed by atoms with E-state index in [9.17, 15) is 4.39 Å². The van der Waals surface area contributed by atoms with Crippen molar-refractivity contribution in [1.82, 2.24) is 4.57 Å². The lowest BCUT2D eigenvalue weighted by atomic mass is 10.1. The third-order valence-corrected chi connectivity index (χ3v) is 5.27. The number of methoxy groups -OCH3 is 1. The smallest absolute Gasteiger partial charge is 0.190 e. The van der Waals surface area contributed by atoms with E-state index in [0.717, 1.165) is 27.3 Å². The lowest BCUT2D eigenvalue weighted by molar-refractivity contribution is 0.386. The minimum atomic E-state index is -0.376. The number of benzene rings is 3. The average Bonchev–Trinajstić information content (AvgIpc) is 3.11. The summed E-state index contributed by atoms with van der Waals surface area (Å²) in [6, 6.07) is 25.1. The maximum absolute atomic E-state index is 14.3. The topological polar surface area (TPSA) is 26.5 Å². The second-order valence-electron chi connectivity index (χ2n) is 6.27. The Morgan fingerprint density at radius 3 is 2.36 bits per heavy atom. The van der Waals surface area contributed by atoms with Gasteiger partial charge < -0.3 is 9.30 Å². The second kappa shape index (κ2) is 8.23. The van der Waals surface area contributed by atoms with Crippen LogP contribution in [0.5, 0.6) is 5.75 Å². The van der Waals surface area contributed by atoms with E-state index < -0.39 is 0 Å². The Kier molecular flexibility index (Phi) is 5.35. The van der Waals surface area contributed by atoms with Gasteiger partial charge in [-0.2, -0.15) is 0 Å². The van der Waals surface area contributed by atoms with E-state index in [-0.39, 0.29) is 11.6 Å². The molecule has 0 bridgehead atoms. The van der Waals surface area contributed by atoms with Gasteiger partial charge in [-0.1, -0.05) is 48.5 Å². The van der Waals surface area contributed by atoms with Crippen molar-refractivity contribution in [3.63, 3.8) is 0 Å². The van der Waals surface area contributed by atoms with E-state index in [1.54, 1.807) is 17.4 Å². The van der Waals surface area contributed by atoms with E-state index in [1.165, 1.54) is 13.2 Å². The Balaban J connectivity index is 1.85. The van der Waals surface area contributed by atoms with Crippen LogP contribution in [0.4, 0.5) is 10.1 Å². The van der Waals surface area contributed by atoms with Crippen LogP contribution in [0.25, 0.3) is 11.3 Å². The molecule has 4 rings (SSSR count). The van der Waals surface area contributed by atoms with Crippen molar-refractivity contribution in [2.75, 3.05) is 7.11 Å². The van der Waals surface area contributed by atoms with E-state index in [4.69, 9.17) is 9.73 Å². The molecule has 0 aliphatic rings. The summed E-state index contributed by atoms with van der Waals surface area (Å²) in [5, 5.41) is 2.02. The number of halogens is 1. The average molecular weight is 390 g/mol. The minimum absolute atomic E-state index is 0.239. The van der Waals surface area contributed by atoms with Crippen LogP contribution in [0.15, 0.2) is 89.2 Å². The summed E-state index contributed by atoms with van der Waals surface area (Å²) in [6.07, 6.45) is 0. The van der Waals surface area contributed by atoms with Gasteiger partial charge in [0.1, 0.15) is 0 Å². The molecule has 0 atom stereocenters. The zero-order valence-electron chi connectivity index (χ0n) is 15.4. The van der Waals surface area contributed by atoms with Gasteiger partial charge in [0.15, 0.2) is 16.4 Å². The van der Waals surface area contributed by atoms with Gasteiger partial charge in [-0.25, -0.2) is 9.38 Å². The van der Waals surface area contributed by atoms with Crippen LogP contribution in [0.3, 0.4) is 0 Å². The Morgan fingerprint density at radius 1 is 0.964 bits per heavy atom. The van der Waals surface area contributed by atoms with Crippen molar-refractivity contribution in [2.45, 2.75) is 6.54 Å². The summed E-state index contributed by atoms with van der Waals surface area (Å²) in [5.41, 5.74) is 3.76. The maximum atomic E-state index is 14.3. The van der Waals surface area contributed by atoms with Crippen LogP contribution in [0, 0.1) is 5.82 Å². The van der Waals surface area contributed by atoms with E-state index in [0.29, 0.717) is 6.54 Å². The monoisotopic (exact) mass is 390 g/mol. The third kappa shape index (κ3) is 3.89. The van der Waals surface area contributed by atoms with Gasteiger partial charge in [-0.15, -0.1) is 11.3 Å². The molecule has 0 N–H and O–H groups in total. The van der Waals surface area contributed by atoms with Gasteiger partial charge >= 0.3 is 0 Å². The van der Waals surface area contributed by atoms with Gasteiger partial charge in [-0.3, -0.25) is 0 Å². The van der Waals surface area contributed by atoms with Gasteiger partial charge in [-0.05, 0) is 35.9 Å². The highest BCUT2D eigenvalue weighted by Crippen LogP contribution is 2.27. The molecule has 4 aromatic rings. The quantitative estimate of drug-likeness (QED) is 0.433. The first-order valence-corrected chi connectivity index (χ1v) is 9.78. The molecule has 0 saturated carbocycles. The Labute approximate surface area is 167 Å². The summed E-state index contributed by atoms with van der Waals surface area (Å²) in [7, 11) is 1.47. The number of nitrogens with zero attached hydrogens (tertiary/aromatic N) is 2. The van der Waals surface area contributed by atoms with Crippen LogP contribution < -0.4 is 9.54 Å². The van der Waals surface area contributed by atoms with Gasteiger partial charge in [0.05, 0.1) is 25.0 Å². The Hall–Kier alpha value is -3.18. The lowest BCUT2D eigenvalue weighted by Gasteiger charge is -2.11. The zero-order chi connectivity index (χ0) is 19.3. The summed E-state index contributed by atoms with van der Waals surface area (Å²) in [6.45, 7) is 0.652. The maximum Gasteiger partial charge on any atom is 0.190 e. The number of thiazole rings is 1. The molecule has 5 heteroatoms. The number of ether oxygens (including phenoxy) is 1. The predicted molar refractivity (Wildman–Crippen MR) is 111 cm³/mol. The minimum Gasteiger partial charge on any atom is -0.494 e. The fourth-order valence-corrected chi connectivity index (χ4v) is 3.94. The van der Waals surface area contributed by atoms with E-state index in [1.807, 2.05) is 60.0 Å². The highest BCUT2D eigenvalue weighted by atomic mass is 32.1. The van der Waals surface area contributed by atoms with Crippen molar-refractivity contribution in [3.8, 4) is 17.0 Å². The number of hydrogen-bond donors (Lipinski definition) is 0.